The summed E-state index contributed by atoms with van der Waals surface area (Å²) in [5, 5.41) is 8.88. The Morgan fingerprint density at radius 1 is 1.03 bits per heavy atom. The summed E-state index contributed by atoms with van der Waals surface area (Å²) in [6.07, 6.45) is 1.94. The molecule has 5 rings (SSSR count). The molecule has 1 aliphatic rings. The number of aryl methyl sites for hydroxylation is 3. The first kappa shape index (κ1) is 24.6. The second-order valence-electron chi connectivity index (χ2n) is 9.78. The minimum atomic E-state index is -0.442. The van der Waals surface area contributed by atoms with Crippen LogP contribution in [0.15, 0.2) is 77.8 Å². The van der Waals surface area contributed by atoms with Crippen molar-refractivity contribution in [2.45, 2.75) is 46.1 Å². The summed E-state index contributed by atoms with van der Waals surface area (Å²) < 4.78 is 7.59. The normalized spacial score (nSPS) is 15.2. The predicted octanol–water partition coefficient (Wildman–Crippen LogP) is 6.26. The van der Waals surface area contributed by atoms with Gasteiger partial charge in [-0.25, -0.2) is 0 Å². The first-order valence-electron chi connectivity index (χ1n) is 12.8. The largest absolute Gasteiger partial charge is 0.497 e. The van der Waals surface area contributed by atoms with Crippen LogP contribution in [0.2, 0.25) is 0 Å². The number of Topliss-reactive ketones (excluding diaryl/α,β-unsaturated/α-hetero) is 1. The Bertz CT molecular complexity index is 1440. The number of nitrogens with zero attached hydrogens (tertiary/aromatic N) is 4. The number of aliphatic imine (C=N–C) groups is 1. The fourth-order valence-corrected chi connectivity index (χ4v) is 4.86. The van der Waals surface area contributed by atoms with Gasteiger partial charge >= 0.3 is 0 Å². The summed E-state index contributed by atoms with van der Waals surface area (Å²) in [6.45, 7) is 6.02. The Kier molecular flexibility index (Phi) is 6.99. The van der Waals surface area contributed by atoms with Crippen LogP contribution in [0.25, 0.3) is 5.69 Å². The van der Waals surface area contributed by atoms with Crippen molar-refractivity contribution < 1.29 is 11.0 Å². The van der Waals surface area contributed by atoms with Crippen LogP contribution in [0.1, 0.15) is 61.1 Å². The van der Waals surface area contributed by atoms with E-state index in [9.17, 15) is 4.79 Å². The molecule has 0 radical (unpaired) electrons. The maximum Gasteiger partial charge on any atom is 0.162 e. The molecule has 0 spiro atoms. The SMILES string of the molecule is COc1ccc2c(c1)C(c1ccc(C)cc1)=N[C@@H](CC(=O)C(C)CCc1ccccc1)c1nnc(C)n1-2.[HH]. The van der Waals surface area contributed by atoms with Crippen molar-refractivity contribution in [1.82, 2.24) is 14.8 Å². The summed E-state index contributed by atoms with van der Waals surface area (Å²) in [7, 11) is 1.66. The van der Waals surface area contributed by atoms with Gasteiger partial charge in [0.25, 0.3) is 0 Å². The summed E-state index contributed by atoms with van der Waals surface area (Å²) in [4.78, 5) is 18.7. The van der Waals surface area contributed by atoms with Crippen molar-refractivity contribution >= 4 is 11.5 Å². The second-order valence-corrected chi connectivity index (χ2v) is 9.78. The van der Waals surface area contributed by atoms with Crippen LogP contribution in [0.4, 0.5) is 0 Å². The van der Waals surface area contributed by atoms with Gasteiger partial charge in [-0.3, -0.25) is 14.4 Å². The van der Waals surface area contributed by atoms with E-state index in [1.807, 2.05) is 54.8 Å². The summed E-state index contributed by atoms with van der Waals surface area (Å²) in [5.74, 6) is 2.30. The Morgan fingerprint density at radius 3 is 2.51 bits per heavy atom. The second kappa shape index (κ2) is 10.5. The van der Waals surface area contributed by atoms with Gasteiger partial charge < -0.3 is 4.74 Å². The molecule has 3 aromatic carbocycles. The zero-order valence-electron chi connectivity index (χ0n) is 21.8. The molecule has 37 heavy (non-hydrogen) atoms. The zero-order valence-corrected chi connectivity index (χ0v) is 21.8. The summed E-state index contributed by atoms with van der Waals surface area (Å²) in [5.41, 5.74) is 6.11. The first-order chi connectivity index (χ1) is 17.9. The van der Waals surface area contributed by atoms with E-state index in [1.165, 1.54) is 11.1 Å². The number of ether oxygens (including phenoxy) is 1. The number of benzene rings is 3. The first-order valence-corrected chi connectivity index (χ1v) is 12.8. The van der Waals surface area contributed by atoms with Crippen LogP contribution in [0.3, 0.4) is 0 Å². The van der Waals surface area contributed by atoms with Gasteiger partial charge in [0, 0.05) is 24.9 Å². The Hall–Kier alpha value is -4.06. The molecule has 0 bridgehead atoms. The average Bonchev–Trinajstić information content (AvgIpc) is 3.25. The fourth-order valence-electron chi connectivity index (χ4n) is 4.86. The van der Waals surface area contributed by atoms with E-state index in [-0.39, 0.29) is 19.5 Å². The van der Waals surface area contributed by atoms with E-state index in [1.54, 1.807) is 7.11 Å². The number of hydrogen-bond acceptors (Lipinski definition) is 5. The molecule has 1 aliphatic heterocycles. The van der Waals surface area contributed by atoms with E-state index in [4.69, 9.17) is 9.73 Å². The third-order valence-corrected chi connectivity index (χ3v) is 7.11. The lowest BCUT2D eigenvalue weighted by atomic mass is 9.93. The minimum Gasteiger partial charge on any atom is -0.497 e. The van der Waals surface area contributed by atoms with Crippen molar-refractivity contribution in [2.24, 2.45) is 10.9 Å². The van der Waals surface area contributed by atoms with Gasteiger partial charge in [0.15, 0.2) is 5.82 Å². The monoisotopic (exact) mass is 494 g/mol. The molecule has 2 heterocycles. The highest BCUT2D eigenvalue weighted by Crippen LogP contribution is 2.35. The molecule has 6 nitrogen and oxygen atoms in total. The highest BCUT2D eigenvalue weighted by molar-refractivity contribution is 6.15. The van der Waals surface area contributed by atoms with Crippen LogP contribution in [-0.2, 0) is 11.2 Å². The van der Waals surface area contributed by atoms with E-state index in [0.717, 1.165) is 46.9 Å². The van der Waals surface area contributed by atoms with Crippen LogP contribution >= 0.6 is 0 Å². The molecule has 190 valence electrons. The van der Waals surface area contributed by atoms with Crippen molar-refractivity contribution in [3.05, 3.63) is 107 Å². The van der Waals surface area contributed by atoms with Crippen molar-refractivity contribution in [3.8, 4) is 11.4 Å². The van der Waals surface area contributed by atoms with Gasteiger partial charge in [0.1, 0.15) is 23.4 Å². The third-order valence-electron chi connectivity index (χ3n) is 7.11. The highest BCUT2D eigenvalue weighted by atomic mass is 16.5. The zero-order chi connectivity index (χ0) is 25.9. The lowest BCUT2D eigenvalue weighted by Gasteiger charge is -2.15. The summed E-state index contributed by atoms with van der Waals surface area (Å²) in [6, 6.07) is 24.2. The molecule has 0 N–H and O–H groups in total. The molecule has 0 fully saturated rings. The number of methoxy groups -OCH3 is 1. The predicted molar refractivity (Wildman–Crippen MR) is 148 cm³/mol. The number of carbonyl (C=O) groups excluding carboxylic acids is 1. The fraction of sp³-hybridized carbons (Fsp3) is 0.290. The molecule has 0 saturated heterocycles. The van der Waals surface area contributed by atoms with E-state index >= 15 is 0 Å². The molecule has 0 aliphatic carbocycles. The van der Waals surface area contributed by atoms with Gasteiger partial charge in [-0.05, 0) is 50.5 Å². The topological polar surface area (TPSA) is 69.4 Å². The van der Waals surface area contributed by atoms with Crippen LogP contribution in [0, 0.1) is 19.8 Å². The molecule has 4 aromatic rings. The Morgan fingerprint density at radius 2 is 1.78 bits per heavy atom. The van der Waals surface area contributed by atoms with Gasteiger partial charge in [-0.2, -0.15) is 0 Å². The van der Waals surface area contributed by atoms with E-state index in [0.29, 0.717) is 5.82 Å². The Labute approximate surface area is 219 Å². The van der Waals surface area contributed by atoms with Crippen LogP contribution in [-0.4, -0.2) is 33.4 Å². The maximum atomic E-state index is 13.5. The lowest BCUT2D eigenvalue weighted by molar-refractivity contribution is -0.122. The maximum absolute atomic E-state index is 13.5. The van der Waals surface area contributed by atoms with Gasteiger partial charge in [-0.1, -0.05) is 67.1 Å². The smallest absolute Gasteiger partial charge is 0.162 e. The molecule has 2 atom stereocenters. The lowest BCUT2D eigenvalue weighted by Crippen LogP contribution is -2.17. The van der Waals surface area contributed by atoms with Crippen LogP contribution in [0.5, 0.6) is 5.75 Å². The average molecular weight is 495 g/mol. The third kappa shape index (κ3) is 5.10. The van der Waals surface area contributed by atoms with Crippen molar-refractivity contribution in [2.75, 3.05) is 7.11 Å². The molecule has 1 aromatic heterocycles. The number of aromatic nitrogens is 3. The van der Waals surface area contributed by atoms with E-state index in [2.05, 4.69) is 53.5 Å². The number of ketones is 1. The minimum absolute atomic E-state index is 0. The van der Waals surface area contributed by atoms with Crippen molar-refractivity contribution in [3.63, 3.8) is 0 Å². The molecular formula is C31H34N4O2. The molecule has 0 saturated carbocycles. The Balaban J connectivity index is 0.00000336. The number of hydrogen-bond donors (Lipinski definition) is 0. The van der Waals surface area contributed by atoms with E-state index < -0.39 is 6.04 Å². The highest BCUT2D eigenvalue weighted by Gasteiger charge is 2.31. The number of carbonyl (C=O) groups is 1. The molecule has 1 unspecified atom stereocenters. The van der Waals surface area contributed by atoms with Gasteiger partial charge in [0.2, 0.25) is 0 Å². The number of rotatable bonds is 8. The summed E-state index contributed by atoms with van der Waals surface area (Å²) >= 11 is 0. The van der Waals surface area contributed by atoms with Gasteiger partial charge in [0.05, 0.1) is 18.5 Å². The van der Waals surface area contributed by atoms with Crippen molar-refractivity contribution in [1.29, 1.82) is 0 Å². The standard InChI is InChI=1S/C31H32N4O2.H2/c1-20-10-14-24(15-11-20)30-26-18-25(37-4)16-17-28(26)35-22(3)33-34-31(35)27(32-30)19-29(36)21(2)12-13-23-8-6-5-7-9-23;/h5-11,14-18,21,27H,12-13,19H2,1-4H3;1H/t21?,27-;/m0./s1. The number of fused-ring (bicyclic) bond motifs is 3. The quantitative estimate of drug-likeness (QED) is 0.290. The van der Waals surface area contributed by atoms with Crippen LogP contribution < -0.4 is 4.74 Å². The molecule has 6 heteroatoms. The molecule has 0 amide bonds. The van der Waals surface area contributed by atoms with Gasteiger partial charge in [-0.15, -0.1) is 10.2 Å². The molecular weight excluding hydrogens is 460 g/mol.